The topological polar surface area (TPSA) is 30.2 Å². The number of hydrogen-bond donors (Lipinski definition) is 0. The number of fused-ring (bicyclic) bond motifs is 3. The summed E-state index contributed by atoms with van der Waals surface area (Å²) in [5.74, 6) is -0.237. The van der Waals surface area contributed by atoms with Gasteiger partial charge >= 0.3 is 0 Å². The van der Waals surface area contributed by atoms with Crippen LogP contribution in [-0.4, -0.2) is 21.8 Å². The maximum Gasteiger partial charge on any atom is 0.140 e. The minimum atomic E-state index is -0.237. The number of pyridine rings is 1. The molecule has 0 fully saturated rings. The van der Waals surface area contributed by atoms with E-state index in [2.05, 4.69) is 20.6 Å². The first-order chi connectivity index (χ1) is 10.3. The fraction of sp³-hybridized carbons (Fsp3) is 0.176. The molecule has 0 aliphatic carbocycles. The Bertz CT molecular complexity index is 877. The Morgan fingerprint density at radius 3 is 2.95 bits per heavy atom. The maximum absolute atomic E-state index is 13.5. The second-order valence-electron chi connectivity index (χ2n) is 5.25. The lowest BCUT2D eigenvalue weighted by atomic mass is 9.98. The summed E-state index contributed by atoms with van der Waals surface area (Å²) in [7, 11) is 1.99. The molecular weight excluding hydrogens is 265 g/mol. The molecular formula is C17H14FN3. The van der Waals surface area contributed by atoms with E-state index in [1.807, 2.05) is 19.2 Å². The molecule has 3 nitrogen and oxygen atoms in total. The van der Waals surface area contributed by atoms with Crippen molar-refractivity contribution < 1.29 is 4.39 Å². The van der Waals surface area contributed by atoms with Crippen molar-refractivity contribution in [3.63, 3.8) is 0 Å². The Kier molecular flexibility index (Phi) is 2.64. The van der Waals surface area contributed by atoms with Crippen LogP contribution in [0.25, 0.3) is 11.0 Å². The number of benzene rings is 1. The fourth-order valence-corrected chi connectivity index (χ4v) is 3.11. The molecule has 4 rings (SSSR count). The van der Waals surface area contributed by atoms with E-state index in [1.54, 1.807) is 18.3 Å². The van der Waals surface area contributed by atoms with Crippen LogP contribution >= 0.6 is 0 Å². The predicted octanol–water partition coefficient (Wildman–Crippen LogP) is 3.11. The summed E-state index contributed by atoms with van der Waals surface area (Å²) < 4.78 is 15.6. The number of nitrogens with zero attached hydrogens (tertiary/aromatic N) is 3. The number of hydrogen-bond acceptors (Lipinski definition) is 2. The highest BCUT2D eigenvalue weighted by molar-refractivity contribution is 6.15. The van der Waals surface area contributed by atoms with E-state index in [4.69, 9.17) is 0 Å². The van der Waals surface area contributed by atoms with Gasteiger partial charge in [-0.1, -0.05) is 12.1 Å². The monoisotopic (exact) mass is 279 g/mol. The van der Waals surface area contributed by atoms with Crippen molar-refractivity contribution in [3.05, 3.63) is 65.2 Å². The molecule has 0 bridgehead atoms. The van der Waals surface area contributed by atoms with Gasteiger partial charge in [0.05, 0.1) is 11.4 Å². The molecule has 1 aliphatic rings. The molecule has 0 saturated carbocycles. The van der Waals surface area contributed by atoms with Gasteiger partial charge in [0.2, 0.25) is 0 Å². The molecule has 0 spiro atoms. The van der Waals surface area contributed by atoms with Crippen molar-refractivity contribution in [2.45, 2.75) is 6.42 Å². The zero-order valence-corrected chi connectivity index (χ0v) is 11.7. The minimum Gasteiger partial charge on any atom is -0.327 e. The molecule has 2 aromatic heterocycles. The van der Waals surface area contributed by atoms with Gasteiger partial charge in [0.25, 0.3) is 0 Å². The first-order valence-electron chi connectivity index (χ1n) is 6.99. The van der Waals surface area contributed by atoms with Crippen LogP contribution in [0.1, 0.15) is 16.8 Å². The van der Waals surface area contributed by atoms with Crippen LogP contribution in [0, 0.1) is 5.82 Å². The average Bonchev–Trinajstić information content (AvgIpc) is 2.81. The Morgan fingerprint density at radius 1 is 1.19 bits per heavy atom. The van der Waals surface area contributed by atoms with Crippen molar-refractivity contribution in [3.8, 4) is 0 Å². The average molecular weight is 279 g/mol. The number of aliphatic imine (C=N–C) groups is 1. The zero-order chi connectivity index (χ0) is 14.4. The van der Waals surface area contributed by atoms with Crippen molar-refractivity contribution in [1.82, 2.24) is 9.55 Å². The van der Waals surface area contributed by atoms with Gasteiger partial charge in [-0.05, 0) is 36.2 Å². The van der Waals surface area contributed by atoms with Gasteiger partial charge in [-0.15, -0.1) is 0 Å². The van der Waals surface area contributed by atoms with Crippen LogP contribution in [0.5, 0.6) is 0 Å². The van der Waals surface area contributed by atoms with E-state index in [0.717, 1.165) is 35.6 Å². The highest BCUT2D eigenvalue weighted by Crippen LogP contribution is 2.29. The van der Waals surface area contributed by atoms with E-state index in [9.17, 15) is 4.39 Å². The molecule has 3 aromatic rings. The summed E-state index contributed by atoms with van der Waals surface area (Å²) in [4.78, 5) is 9.10. The predicted molar refractivity (Wildman–Crippen MR) is 81.3 cm³/mol. The lowest BCUT2D eigenvalue weighted by molar-refractivity contribution is 0.627. The Hall–Kier alpha value is -2.49. The second kappa shape index (κ2) is 4.52. The first-order valence-corrected chi connectivity index (χ1v) is 6.99. The summed E-state index contributed by atoms with van der Waals surface area (Å²) in [6.07, 6.45) is 2.70. The van der Waals surface area contributed by atoms with Gasteiger partial charge in [-0.25, -0.2) is 9.37 Å². The lowest BCUT2D eigenvalue weighted by Gasteiger charge is -2.15. The largest absolute Gasteiger partial charge is 0.327 e. The molecule has 0 radical (unpaired) electrons. The van der Waals surface area contributed by atoms with Crippen LogP contribution in [0.4, 0.5) is 4.39 Å². The van der Waals surface area contributed by atoms with Gasteiger partial charge in [0.1, 0.15) is 11.5 Å². The molecule has 0 saturated heterocycles. The molecule has 104 valence electrons. The van der Waals surface area contributed by atoms with E-state index in [-0.39, 0.29) is 5.82 Å². The minimum absolute atomic E-state index is 0.237. The third kappa shape index (κ3) is 1.79. The molecule has 0 unspecified atom stereocenters. The van der Waals surface area contributed by atoms with E-state index < -0.39 is 0 Å². The smallest absolute Gasteiger partial charge is 0.140 e. The van der Waals surface area contributed by atoms with Gasteiger partial charge in [0.15, 0.2) is 0 Å². The first kappa shape index (κ1) is 12.3. The van der Waals surface area contributed by atoms with Crippen molar-refractivity contribution >= 4 is 16.7 Å². The molecule has 0 atom stereocenters. The number of rotatable bonds is 1. The summed E-state index contributed by atoms with van der Waals surface area (Å²) in [6, 6.07) is 10.7. The van der Waals surface area contributed by atoms with Gasteiger partial charge in [0, 0.05) is 30.7 Å². The summed E-state index contributed by atoms with van der Waals surface area (Å²) >= 11 is 0. The van der Waals surface area contributed by atoms with Crippen LogP contribution < -0.4 is 0 Å². The van der Waals surface area contributed by atoms with Gasteiger partial charge in [-0.2, -0.15) is 0 Å². The Labute approximate surface area is 121 Å². The highest BCUT2D eigenvalue weighted by Gasteiger charge is 2.23. The quantitative estimate of drug-likeness (QED) is 0.673. The molecule has 0 amide bonds. The standard InChI is InChI=1S/C17H14FN3/c1-21-16-13(14-6-3-8-20-17(14)21)7-9-19-15(16)11-4-2-5-12(18)10-11/h2-6,8,10H,7,9H2,1H3. The normalized spacial score (nSPS) is 14.1. The molecule has 4 heteroatoms. The number of halogens is 1. The van der Waals surface area contributed by atoms with Crippen molar-refractivity contribution in [2.75, 3.05) is 6.54 Å². The van der Waals surface area contributed by atoms with Crippen LogP contribution in [-0.2, 0) is 13.5 Å². The molecule has 21 heavy (non-hydrogen) atoms. The molecule has 1 aliphatic heterocycles. The Morgan fingerprint density at radius 2 is 2.10 bits per heavy atom. The van der Waals surface area contributed by atoms with Gasteiger partial charge < -0.3 is 4.57 Å². The maximum atomic E-state index is 13.5. The van der Waals surface area contributed by atoms with Crippen LogP contribution in [0.3, 0.4) is 0 Å². The third-order valence-corrected chi connectivity index (χ3v) is 4.00. The fourth-order valence-electron chi connectivity index (χ4n) is 3.11. The lowest BCUT2D eigenvalue weighted by Crippen LogP contribution is -2.17. The number of aromatic nitrogens is 2. The van der Waals surface area contributed by atoms with Crippen molar-refractivity contribution in [2.24, 2.45) is 12.0 Å². The van der Waals surface area contributed by atoms with E-state index in [1.165, 1.54) is 17.0 Å². The molecule has 0 N–H and O–H groups in total. The van der Waals surface area contributed by atoms with E-state index in [0.29, 0.717) is 0 Å². The SMILES string of the molecule is Cn1c2c(c3cccnc31)CCN=C2c1cccc(F)c1. The summed E-state index contributed by atoms with van der Waals surface area (Å²) in [6.45, 7) is 0.729. The second-order valence-corrected chi connectivity index (χ2v) is 5.25. The molecule has 1 aromatic carbocycles. The van der Waals surface area contributed by atoms with E-state index >= 15 is 0 Å². The zero-order valence-electron chi connectivity index (χ0n) is 11.7. The molecule has 3 heterocycles. The van der Waals surface area contributed by atoms with Crippen molar-refractivity contribution in [1.29, 1.82) is 0 Å². The summed E-state index contributed by atoms with van der Waals surface area (Å²) in [5.41, 5.74) is 4.95. The Balaban J connectivity index is 2.00. The summed E-state index contributed by atoms with van der Waals surface area (Å²) in [5, 5.41) is 1.17. The number of aryl methyl sites for hydroxylation is 1. The third-order valence-electron chi connectivity index (χ3n) is 4.00. The van der Waals surface area contributed by atoms with Gasteiger partial charge in [-0.3, -0.25) is 4.99 Å². The van der Waals surface area contributed by atoms with Crippen LogP contribution in [0.15, 0.2) is 47.6 Å². The van der Waals surface area contributed by atoms with Crippen LogP contribution in [0.2, 0.25) is 0 Å². The highest BCUT2D eigenvalue weighted by atomic mass is 19.1.